The number of aromatic nitrogens is 1. The van der Waals surface area contributed by atoms with Gasteiger partial charge in [-0.05, 0) is 37.7 Å². The molecule has 1 heterocycles. The Morgan fingerprint density at radius 3 is 2.87 bits per heavy atom. The molecule has 0 bridgehead atoms. The van der Waals surface area contributed by atoms with E-state index in [1.54, 1.807) is 7.11 Å². The number of carboxylic acids is 1. The number of carbonyl (C=O) groups is 1. The van der Waals surface area contributed by atoms with Crippen molar-refractivity contribution in [3.05, 3.63) is 23.9 Å². The second-order valence-electron chi connectivity index (χ2n) is 6.64. The lowest BCUT2D eigenvalue weighted by Crippen LogP contribution is -2.54. The van der Waals surface area contributed by atoms with E-state index in [0.29, 0.717) is 18.0 Å². The van der Waals surface area contributed by atoms with Crippen molar-refractivity contribution in [2.75, 3.05) is 20.2 Å². The molecule has 0 radical (unpaired) electrons. The smallest absolute Gasteiger partial charge is 0.317 e. The van der Waals surface area contributed by atoms with Crippen LogP contribution in [0.5, 0.6) is 5.88 Å². The minimum absolute atomic E-state index is 0.172. The molecule has 1 aromatic rings. The predicted octanol–water partition coefficient (Wildman–Crippen LogP) is 1.51. The number of carboxylic acid groups (broad SMARTS) is 1. The van der Waals surface area contributed by atoms with E-state index in [2.05, 4.69) is 15.2 Å². The highest BCUT2D eigenvalue weighted by molar-refractivity contribution is 5.69. The van der Waals surface area contributed by atoms with Crippen LogP contribution in [0.15, 0.2) is 18.2 Å². The van der Waals surface area contributed by atoms with Crippen LogP contribution in [-0.2, 0) is 11.3 Å². The van der Waals surface area contributed by atoms with Gasteiger partial charge in [0.05, 0.1) is 19.3 Å². The Kier molecular flexibility index (Phi) is 5.13. The molecule has 6 heteroatoms. The van der Waals surface area contributed by atoms with Crippen LogP contribution in [0.2, 0.25) is 0 Å². The molecule has 2 aliphatic rings. The molecule has 6 nitrogen and oxygen atoms in total. The zero-order chi connectivity index (χ0) is 16.2. The number of hydrogen-bond acceptors (Lipinski definition) is 5. The van der Waals surface area contributed by atoms with Crippen LogP contribution < -0.4 is 10.1 Å². The molecule has 0 aliphatic heterocycles. The molecule has 0 amide bonds. The highest BCUT2D eigenvalue weighted by atomic mass is 16.5. The minimum Gasteiger partial charge on any atom is -0.481 e. The Hall–Kier alpha value is -1.66. The van der Waals surface area contributed by atoms with Gasteiger partial charge in [0.1, 0.15) is 0 Å². The third kappa shape index (κ3) is 4.65. The topological polar surface area (TPSA) is 74.7 Å². The maximum absolute atomic E-state index is 11.0. The first-order valence-electron chi connectivity index (χ1n) is 8.33. The average Bonchev–Trinajstić information content (AvgIpc) is 3.29. The second kappa shape index (κ2) is 7.27. The third-order valence-corrected chi connectivity index (χ3v) is 4.72. The van der Waals surface area contributed by atoms with Crippen molar-refractivity contribution in [2.24, 2.45) is 5.92 Å². The molecule has 3 rings (SSSR count). The molecule has 1 aromatic heterocycles. The highest BCUT2D eigenvalue weighted by Gasteiger charge is 2.36. The molecule has 0 spiro atoms. The standard InChI is InChI=1S/C17H25N3O3/c1-23-16-4-2-3-13(19-16)9-18-14-7-15(8-14)20(11-17(21)22)10-12-5-6-12/h2-4,12,14-15,18H,5-11H2,1H3,(H,21,22). The molecule has 126 valence electrons. The largest absolute Gasteiger partial charge is 0.481 e. The van der Waals surface area contributed by atoms with Crippen molar-refractivity contribution in [3.63, 3.8) is 0 Å². The average molecular weight is 319 g/mol. The van der Waals surface area contributed by atoms with E-state index in [-0.39, 0.29) is 6.54 Å². The van der Waals surface area contributed by atoms with Gasteiger partial charge in [0.15, 0.2) is 0 Å². The second-order valence-corrected chi connectivity index (χ2v) is 6.64. The van der Waals surface area contributed by atoms with Gasteiger partial charge in [-0.1, -0.05) is 6.07 Å². The predicted molar refractivity (Wildman–Crippen MR) is 86.4 cm³/mol. The molecular formula is C17H25N3O3. The normalized spacial score (nSPS) is 23.6. The Morgan fingerprint density at radius 1 is 1.43 bits per heavy atom. The van der Waals surface area contributed by atoms with E-state index in [0.717, 1.165) is 37.5 Å². The van der Waals surface area contributed by atoms with Crippen molar-refractivity contribution in [1.82, 2.24) is 15.2 Å². The Bertz CT molecular complexity index is 542. The van der Waals surface area contributed by atoms with Gasteiger partial charge in [-0.2, -0.15) is 0 Å². The lowest BCUT2D eigenvalue weighted by atomic mass is 9.85. The van der Waals surface area contributed by atoms with Crippen LogP contribution in [0.25, 0.3) is 0 Å². The number of methoxy groups -OCH3 is 1. The summed E-state index contributed by atoms with van der Waals surface area (Å²) < 4.78 is 5.13. The molecule has 2 fully saturated rings. The number of ether oxygens (including phenoxy) is 1. The number of nitrogens with zero attached hydrogens (tertiary/aromatic N) is 2. The third-order valence-electron chi connectivity index (χ3n) is 4.72. The summed E-state index contributed by atoms with van der Waals surface area (Å²) in [5, 5.41) is 12.6. The lowest BCUT2D eigenvalue weighted by molar-refractivity contribution is -0.139. The van der Waals surface area contributed by atoms with Crippen LogP contribution in [0, 0.1) is 5.92 Å². The fourth-order valence-corrected chi connectivity index (χ4v) is 3.12. The van der Waals surface area contributed by atoms with Crippen molar-refractivity contribution in [3.8, 4) is 5.88 Å². The first-order chi connectivity index (χ1) is 11.1. The summed E-state index contributed by atoms with van der Waals surface area (Å²) in [6, 6.07) is 6.61. The molecule has 0 atom stereocenters. The molecule has 2 aliphatic carbocycles. The van der Waals surface area contributed by atoms with Gasteiger partial charge < -0.3 is 15.2 Å². The van der Waals surface area contributed by atoms with E-state index in [1.807, 2.05) is 18.2 Å². The van der Waals surface area contributed by atoms with Crippen LogP contribution in [-0.4, -0.2) is 53.2 Å². The SMILES string of the molecule is COc1cccc(CNC2CC(N(CC(=O)O)CC3CC3)C2)n1. The van der Waals surface area contributed by atoms with Crippen LogP contribution in [0.1, 0.15) is 31.4 Å². The summed E-state index contributed by atoms with van der Waals surface area (Å²) >= 11 is 0. The number of aliphatic carboxylic acids is 1. The van der Waals surface area contributed by atoms with Gasteiger partial charge >= 0.3 is 5.97 Å². The first kappa shape index (κ1) is 16.2. The van der Waals surface area contributed by atoms with Gasteiger partial charge in [-0.3, -0.25) is 9.69 Å². The maximum atomic E-state index is 11.0. The van der Waals surface area contributed by atoms with Crippen LogP contribution in [0.4, 0.5) is 0 Å². The minimum atomic E-state index is -0.720. The fraction of sp³-hybridized carbons (Fsp3) is 0.647. The fourth-order valence-electron chi connectivity index (χ4n) is 3.12. The first-order valence-corrected chi connectivity index (χ1v) is 8.33. The van der Waals surface area contributed by atoms with E-state index < -0.39 is 5.97 Å². The molecule has 23 heavy (non-hydrogen) atoms. The molecule has 0 saturated heterocycles. The Morgan fingerprint density at radius 2 is 2.22 bits per heavy atom. The zero-order valence-electron chi connectivity index (χ0n) is 13.6. The summed E-state index contributed by atoms with van der Waals surface area (Å²) in [5.74, 6) is 0.637. The summed E-state index contributed by atoms with van der Waals surface area (Å²) in [7, 11) is 1.62. The van der Waals surface area contributed by atoms with E-state index in [4.69, 9.17) is 9.84 Å². The number of nitrogens with one attached hydrogen (secondary N) is 1. The van der Waals surface area contributed by atoms with Crippen LogP contribution in [0.3, 0.4) is 0 Å². The van der Waals surface area contributed by atoms with Gasteiger partial charge in [-0.25, -0.2) is 4.98 Å². The quantitative estimate of drug-likeness (QED) is 0.719. The van der Waals surface area contributed by atoms with Gasteiger partial charge in [0.2, 0.25) is 5.88 Å². The number of rotatable bonds is 9. The van der Waals surface area contributed by atoms with E-state index in [1.165, 1.54) is 12.8 Å². The molecular weight excluding hydrogens is 294 g/mol. The van der Waals surface area contributed by atoms with Gasteiger partial charge in [-0.15, -0.1) is 0 Å². The lowest BCUT2D eigenvalue weighted by Gasteiger charge is -2.43. The summed E-state index contributed by atoms with van der Waals surface area (Å²) in [4.78, 5) is 17.6. The van der Waals surface area contributed by atoms with Gasteiger partial charge in [0.25, 0.3) is 0 Å². The summed E-state index contributed by atoms with van der Waals surface area (Å²) in [6.07, 6.45) is 4.55. The van der Waals surface area contributed by atoms with E-state index >= 15 is 0 Å². The molecule has 2 saturated carbocycles. The monoisotopic (exact) mass is 319 g/mol. The Labute approximate surface area is 136 Å². The summed E-state index contributed by atoms with van der Waals surface area (Å²) in [6.45, 7) is 1.84. The summed E-state index contributed by atoms with van der Waals surface area (Å²) in [5.41, 5.74) is 0.966. The highest BCUT2D eigenvalue weighted by Crippen LogP contribution is 2.33. The van der Waals surface area contributed by atoms with Gasteiger partial charge in [0, 0.05) is 31.2 Å². The van der Waals surface area contributed by atoms with Crippen molar-refractivity contribution >= 4 is 5.97 Å². The Balaban J connectivity index is 1.43. The molecule has 0 aromatic carbocycles. The molecule has 2 N–H and O–H groups in total. The van der Waals surface area contributed by atoms with E-state index in [9.17, 15) is 4.79 Å². The number of pyridine rings is 1. The maximum Gasteiger partial charge on any atom is 0.317 e. The van der Waals surface area contributed by atoms with Crippen molar-refractivity contribution in [2.45, 2.75) is 44.3 Å². The number of hydrogen-bond donors (Lipinski definition) is 2. The van der Waals surface area contributed by atoms with Crippen LogP contribution >= 0.6 is 0 Å². The van der Waals surface area contributed by atoms with Crippen molar-refractivity contribution < 1.29 is 14.6 Å². The molecule has 0 unspecified atom stereocenters. The van der Waals surface area contributed by atoms with Crippen molar-refractivity contribution in [1.29, 1.82) is 0 Å². The zero-order valence-corrected chi connectivity index (χ0v) is 13.6.